The Bertz CT molecular complexity index is 902. The molecule has 1 aromatic carbocycles. The van der Waals surface area contributed by atoms with Crippen molar-refractivity contribution in [2.75, 3.05) is 13.7 Å². The number of hydrogen-bond donors (Lipinski definition) is 0. The van der Waals surface area contributed by atoms with Gasteiger partial charge in [-0.3, -0.25) is 4.79 Å². The van der Waals surface area contributed by atoms with Crippen molar-refractivity contribution in [1.29, 1.82) is 0 Å². The molecule has 0 radical (unpaired) electrons. The van der Waals surface area contributed by atoms with Gasteiger partial charge in [0.15, 0.2) is 6.61 Å². The molecule has 1 saturated carbocycles. The first-order chi connectivity index (χ1) is 14.5. The largest absolute Gasteiger partial charge is 0.452 e. The SMILES string of the molecule is Cc1nn(Cc2ccccc2)c(Cl)c1C=CC(=O)OCC(=O)N(C)C1CCCCC1. The summed E-state index contributed by atoms with van der Waals surface area (Å²) in [6.45, 7) is 2.12. The van der Waals surface area contributed by atoms with Gasteiger partial charge in [-0.15, -0.1) is 0 Å². The lowest BCUT2D eigenvalue weighted by Gasteiger charge is -2.31. The number of esters is 1. The van der Waals surface area contributed by atoms with Crippen LogP contribution in [0.25, 0.3) is 6.08 Å². The Morgan fingerprint density at radius 2 is 1.93 bits per heavy atom. The smallest absolute Gasteiger partial charge is 0.331 e. The molecule has 0 unspecified atom stereocenters. The summed E-state index contributed by atoms with van der Waals surface area (Å²) in [5.74, 6) is -0.750. The van der Waals surface area contributed by atoms with Crippen molar-refractivity contribution in [2.45, 2.75) is 51.6 Å². The first-order valence-corrected chi connectivity index (χ1v) is 10.7. The van der Waals surface area contributed by atoms with E-state index in [0.29, 0.717) is 23.0 Å². The van der Waals surface area contributed by atoms with Gasteiger partial charge in [0, 0.05) is 24.7 Å². The molecule has 0 saturated heterocycles. The van der Waals surface area contributed by atoms with Crippen molar-refractivity contribution in [3.63, 3.8) is 0 Å². The molecule has 30 heavy (non-hydrogen) atoms. The summed E-state index contributed by atoms with van der Waals surface area (Å²) in [4.78, 5) is 26.1. The number of halogens is 1. The molecule has 1 fully saturated rings. The zero-order chi connectivity index (χ0) is 21.5. The molecular formula is C23H28ClN3O3. The topological polar surface area (TPSA) is 64.4 Å². The molecule has 1 aromatic heterocycles. The lowest BCUT2D eigenvalue weighted by atomic mass is 9.94. The van der Waals surface area contributed by atoms with Crippen LogP contribution in [0, 0.1) is 6.92 Å². The maximum atomic E-state index is 12.3. The van der Waals surface area contributed by atoms with Gasteiger partial charge in [-0.25, -0.2) is 9.48 Å². The van der Waals surface area contributed by atoms with Gasteiger partial charge in [-0.2, -0.15) is 5.10 Å². The van der Waals surface area contributed by atoms with Crippen molar-refractivity contribution >= 4 is 29.6 Å². The number of benzene rings is 1. The fourth-order valence-corrected chi connectivity index (χ4v) is 4.02. The predicted molar refractivity (Wildman–Crippen MR) is 117 cm³/mol. The highest BCUT2D eigenvalue weighted by atomic mass is 35.5. The van der Waals surface area contributed by atoms with Crippen molar-refractivity contribution < 1.29 is 14.3 Å². The fraction of sp³-hybridized carbons (Fsp3) is 0.435. The molecule has 1 heterocycles. The molecule has 0 spiro atoms. The Morgan fingerprint density at radius 1 is 1.23 bits per heavy atom. The normalized spacial score (nSPS) is 14.8. The molecule has 2 aromatic rings. The number of likely N-dealkylation sites (N-methyl/N-ethyl adjacent to an activating group) is 1. The zero-order valence-corrected chi connectivity index (χ0v) is 18.3. The summed E-state index contributed by atoms with van der Waals surface area (Å²) in [6.07, 6.45) is 8.41. The molecule has 7 heteroatoms. The monoisotopic (exact) mass is 429 g/mol. The molecule has 1 aliphatic rings. The van der Waals surface area contributed by atoms with E-state index in [4.69, 9.17) is 16.3 Å². The van der Waals surface area contributed by atoms with E-state index in [0.717, 1.165) is 31.2 Å². The maximum absolute atomic E-state index is 12.3. The van der Waals surface area contributed by atoms with E-state index >= 15 is 0 Å². The van der Waals surface area contributed by atoms with E-state index < -0.39 is 5.97 Å². The zero-order valence-electron chi connectivity index (χ0n) is 17.5. The van der Waals surface area contributed by atoms with Gasteiger partial charge in [0.25, 0.3) is 5.91 Å². The predicted octanol–water partition coefficient (Wildman–Crippen LogP) is 4.24. The van der Waals surface area contributed by atoms with Gasteiger partial charge < -0.3 is 9.64 Å². The Balaban J connectivity index is 1.55. The average molecular weight is 430 g/mol. The second kappa shape index (κ2) is 10.4. The van der Waals surface area contributed by atoms with Crippen LogP contribution in [0.5, 0.6) is 0 Å². The number of carbonyl (C=O) groups excluding carboxylic acids is 2. The van der Waals surface area contributed by atoms with Crippen LogP contribution < -0.4 is 0 Å². The summed E-state index contributed by atoms with van der Waals surface area (Å²) in [7, 11) is 1.78. The minimum Gasteiger partial charge on any atom is -0.452 e. The number of aromatic nitrogens is 2. The summed E-state index contributed by atoms with van der Waals surface area (Å²) in [5.41, 5.74) is 2.46. The van der Waals surface area contributed by atoms with Crippen LogP contribution >= 0.6 is 11.6 Å². The van der Waals surface area contributed by atoms with Crippen LogP contribution in [-0.4, -0.2) is 46.3 Å². The first kappa shape index (κ1) is 22.1. The van der Waals surface area contributed by atoms with E-state index in [1.807, 2.05) is 37.3 Å². The average Bonchev–Trinajstić information content (AvgIpc) is 3.03. The van der Waals surface area contributed by atoms with Crippen LogP contribution in [0.4, 0.5) is 0 Å². The fourth-order valence-electron chi connectivity index (χ4n) is 3.72. The van der Waals surface area contributed by atoms with E-state index in [2.05, 4.69) is 5.10 Å². The molecule has 0 N–H and O–H groups in total. The molecule has 6 nitrogen and oxygen atoms in total. The third-order valence-electron chi connectivity index (χ3n) is 5.52. The minimum atomic E-state index is -0.577. The number of nitrogens with zero attached hydrogens (tertiary/aromatic N) is 3. The third kappa shape index (κ3) is 5.72. The number of aryl methyl sites for hydroxylation is 1. The van der Waals surface area contributed by atoms with Gasteiger partial charge in [-0.1, -0.05) is 61.2 Å². The highest BCUT2D eigenvalue weighted by Crippen LogP contribution is 2.23. The standard InChI is InChI=1S/C23H28ClN3O3/c1-17-20(23(24)27(25-17)15-18-9-5-3-6-10-18)13-14-22(29)30-16-21(28)26(2)19-11-7-4-8-12-19/h3,5-6,9-10,13-14,19H,4,7-8,11-12,15-16H2,1-2H3. The summed E-state index contributed by atoms with van der Waals surface area (Å²) >= 11 is 6.45. The quantitative estimate of drug-likeness (QED) is 0.487. The van der Waals surface area contributed by atoms with Crippen molar-refractivity contribution in [3.8, 4) is 0 Å². The van der Waals surface area contributed by atoms with Crippen molar-refractivity contribution in [2.24, 2.45) is 0 Å². The molecule has 1 aliphatic carbocycles. The van der Waals surface area contributed by atoms with Gasteiger partial charge in [0.1, 0.15) is 5.15 Å². The van der Waals surface area contributed by atoms with Crippen LogP contribution in [-0.2, 0) is 20.9 Å². The van der Waals surface area contributed by atoms with Gasteiger partial charge >= 0.3 is 5.97 Å². The molecule has 0 bridgehead atoms. The van der Waals surface area contributed by atoms with E-state index in [1.165, 1.54) is 12.5 Å². The van der Waals surface area contributed by atoms with Crippen LogP contribution in [0.3, 0.4) is 0 Å². The molecule has 0 atom stereocenters. The summed E-state index contributed by atoms with van der Waals surface area (Å²) in [5, 5.41) is 4.91. The summed E-state index contributed by atoms with van der Waals surface area (Å²) in [6, 6.07) is 10.1. The lowest BCUT2D eigenvalue weighted by Crippen LogP contribution is -2.40. The number of amides is 1. The molecule has 1 amide bonds. The van der Waals surface area contributed by atoms with Crippen LogP contribution in [0.2, 0.25) is 5.15 Å². The highest BCUT2D eigenvalue weighted by molar-refractivity contribution is 6.31. The number of rotatable bonds is 7. The van der Waals surface area contributed by atoms with E-state index in [9.17, 15) is 9.59 Å². The van der Waals surface area contributed by atoms with E-state index in [-0.39, 0.29) is 18.6 Å². The molecule has 3 rings (SSSR count). The van der Waals surface area contributed by atoms with Gasteiger partial charge in [0.05, 0.1) is 12.2 Å². The van der Waals surface area contributed by atoms with Crippen LogP contribution in [0.1, 0.15) is 48.9 Å². The molecule has 0 aliphatic heterocycles. The Labute approximate surface area is 182 Å². The number of hydrogen-bond acceptors (Lipinski definition) is 4. The lowest BCUT2D eigenvalue weighted by molar-refractivity contribution is -0.148. The first-order valence-electron chi connectivity index (χ1n) is 10.3. The third-order valence-corrected chi connectivity index (χ3v) is 5.92. The Kier molecular flexibility index (Phi) is 7.69. The van der Waals surface area contributed by atoms with E-state index in [1.54, 1.807) is 22.7 Å². The Morgan fingerprint density at radius 3 is 2.63 bits per heavy atom. The Hall–Kier alpha value is -2.60. The number of carbonyl (C=O) groups is 2. The van der Waals surface area contributed by atoms with Crippen molar-refractivity contribution in [3.05, 3.63) is 58.4 Å². The van der Waals surface area contributed by atoms with Crippen molar-refractivity contribution in [1.82, 2.24) is 14.7 Å². The molecule has 160 valence electrons. The maximum Gasteiger partial charge on any atom is 0.331 e. The summed E-state index contributed by atoms with van der Waals surface area (Å²) < 4.78 is 6.83. The second-order valence-electron chi connectivity index (χ2n) is 7.67. The number of ether oxygens (including phenoxy) is 1. The van der Waals surface area contributed by atoms with Gasteiger partial charge in [-0.05, 0) is 31.4 Å². The minimum absolute atomic E-state index is 0.173. The molecular weight excluding hydrogens is 402 g/mol. The van der Waals surface area contributed by atoms with Crippen LogP contribution in [0.15, 0.2) is 36.4 Å². The second-order valence-corrected chi connectivity index (χ2v) is 8.03. The van der Waals surface area contributed by atoms with Gasteiger partial charge in [0.2, 0.25) is 0 Å². The highest BCUT2D eigenvalue weighted by Gasteiger charge is 2.22.